The van der Waals surface area contributed by atoms with Gasteiger partial charge in [0.15, 0.2) is 6.10 Å². The van der Waals surface area contributed by atoms with Crippen LogP contribution < -0.4 is 10.1 Å². The summed E-state index contributed by atoms with van der Waals surface area (Å²) in [6.45, 7) is 10.7. The number of carboxylic acids is 1. The van der Waals surface area contributed by atoms with Crippen molar-refractivity contribution in [2.45, 2.75) is 84.6 Å². The van der Waals surface area contributed by atoms with Crippen molar-refractivity contribution >= 4 is 17.6 Å². The zero-order valence-corrected chi connectivity index (χ0v) is 24.2. The third-order valence-electron chi connectivity index (χ3n) is 7.32. The molecule has 41 heavy (non-hydrogen) atoms. The summed E-state index contributed by atoms with van der Waals surface area (Å²) in [5.41, 5.74) is 5.42. The molecule has 9 heteroatoms. The number of aliphatic hydroxyl groups is 3. The van der Waals surface area contributed by atoms with Gasteiger partial charge in [-0.3, -0.25) is 4.79 Å². The topological polar surface area (TPSA) is 146 Å². The molecule has 1 aromatic carbocycles. The standard InChI is InChI=1S/C32H41NO8/c1-19(11-16-24-21(3)10-7-17-32(24,4)5)8-6-9-20(2)18-25(34)33-22-12-14-23(15-13-22)40-31-28(37)26(35)27(36)29(41-31)30(38)39/h6,8-9,11-16,18,26-29,31,35-37H,7,10,17H2,1-5H3,(H,33,34)(H,38,39)/t26?,27-,28?,29-,31+/m0/s1. The number of aliphatic carboxylic acids is 1. The van der Waals surface area contributed by atoms with Crippen LogP contribution in [0.4, 0.5) is 5.69 Å². The molecule has 2 unspecified atom stereocenters. The minimum atomic E-state index is -1.80. The Balaban J connectivity index is 1.54. The summed E-state index contributed by atoms with van der Waals surface area (Å²) in [6, 6.07) is 6.10. The molecule has 222 valence electrons. The van der Waals surface area contributed by atoms with Gasteiger partial charge < -0.3 is 35.2 Å². The number of ether oxygens (including phenoxy) is 2. The average molecular weight is 568 g/mol. The van der Waals surface area contributed by atoms with E-state index in [1.807, 2.05) is 32.1 Å². The number of benzene rings is 1. The number of carboxylic acid groups (broad SMARTS) is 1. The fraction of sp³-hybridized carbons (Fsp3) is 0.438. The van der Waals surface area contributed by atoms with Crippen molar-refractivity contribution in [1.82, 2.24) is 0 Å². The lowest BCUT2D eigenvalue weighted by atomic mass is 9.72. The van der Waals surface area contributed by atoms with Crippen molar-refractivity contribution in [3.63, 3.8) is 0 Å². The zero-order valence-electron chi connectivity index (χ0n) is 24.2. The Morgan fingerprint density at radius 1 is 1.02 bits per heavy atom. The fourth-order valence-electron chi connectivity index (χ4n) is 4.97. The summed E-state index contributed by atoms with van der Waals surface area (Å²) in [6.07, 6.45) is 6.69. The number of carbonyl (C=O) groups is 2. The minimum Gasteiger partial charge on any atom is -0.479 e. The maximum absolute atomic E-state index is 12.5. The van der Waals surface area contributed by atoms with Crippen molar-refractivity contribution in [2.24, 2.45) is 5.41 Å². The number of hydrogen-bond donors (Lipinski definition) is 5. The minimum absolute atomic E-state index is 0.195. The van der Waals surface area contributed by atoms with Crippen LogP contribution in [-0.2, 0) is 14.3 Å². The smallest absolute Gasteiger partial charge is 0.335 e. The number of nitrogens with one attached hydrogen (secondary N) is 1. The normalized spacial score (nSPS) is 27.4. The molecule has 0 saturated carbocycles. The van der Waals surface area contributed by atoms with E-state index >= 15 is 0 Å². The van der Waals surface area contributed by atoms with Crippen LogP contribution in [0.25, 0.3) is 0 Å². The molecule has 3 rings (SSSR count). The van der Waals surface area contributed by atoms with E-state index in [2.05, 4.69) is 38.2 Å². The molecule has 1 aliphatic heterocycles. The Morgan fingerprint density at radius 2 is 1.71 bits per heavy atom. The molecule has 1 saturated heterocycles. The van der Waals surface area contributed by atoms with Gasteiger partial charge in [0, 0.05) is 11.8 Å². The molecule has 1 fully saturated rings. The molecule has 0 bridgehead atoms. The molecule has 9 nitrogen and oxygen atoms in total. The molecular weight excluding hydrogens is 526 g/mol. The first kappa shape index (κ1) is 32.0. The second-order valence-corrected chi connectivity index (χ2v) is 11.3. The highest BCUT2D eigenvalue weighted by Crippen LogP contribution is 2.40. The lowest BCUT2D eigenvalue weighted by Crippen LogP contribution is -2.61. The predicted molar refractivity (Wildman–Crippen MR) is 156 cm³/mol. The number of carbonyl (C=O) groups excluding carboxylic acids is 1. The van der Waals surface area contributed by atoms with Crippen molar-refractivity contribution in [1.29, 1.82) is 0 Å². The van der Waals surface area contributed by atoms with Crippen LogP contribution in [0.15, 0.2) is 83.0 Å². The van der Waals surface area contributed by atoms with Gasteiger partial charge in [0.2, 0.25) is 12.2 Å². The van der Waals surface area contributed by atoms with Crippen molar-refractivity contribution in [3.8, 4) is 5.75 Å². The monoisotopic (exact) mass is 567 g/mol. The first-order chi connectivity index (χ1) is 19.3. The van der Waals surface area contributed by atoms with E-state index in [0.29, 0.717) is 5.69 Å². The largest absolute Gasteiger partial charge is 0.479 e. The van der Waals surface area contributed by atoms with Gasteiger partial charge in [0.05, 0.1) is 0 Å². The summed E-state index contributed by atoms with van der Waals surface area (Å²) < 4.78 is 10.6. The van der Waals surface area contributed by atoms with E-state index in [4.69, 9.17) is 14.6 Å². The van der Waals surface area contributed by atoms with E-state index in [-0.39, 0.29) is 17.1 Å². The van der Waals surface area contributed by atoms with Crippen molar-refractivity contribution < 1.29 is 39.5 Å². The van der Waals surface area contributed by atoms with Crippen LogP contribution in [0, 0.1) is 5.41 Å². The number of amides is 1. The fourth-order valence-corrected chi connectivity index (χ4v) is 4.97. The van der Waals surface area contributed by atoms with E-state index in [1.165, 1.54) is 42.2 Å². The Kier molecular flexibility index (Phi) is 10.9. The maximum Gasteiger partial charge on any atom is 0.335 e. The number of aliphatic hydroxyl groups excluding tert-OH is 3. The van der Waals surface area contributed by atoms with E-state index in [1.54, 1.807) is 12.1 Å². The highest BCUT2D eigenvalue weighted by atomic mass is 16.7. The second-order valence-electron chi connectivity index (χ2n) is 11.3. The Labute approximate surface area is 241 Å². The van der Waals surface area contributed by atoms with Crippen LogP contribution in [0.2, 0.25) is 0 Å². The van der Waals surface area contributed by atoms with Gasteiger partial charge in [0.25, 0.3) is 0 Å². The lowest BCUT2D eigenvalue weighted by Gasteiger charge is -2.38. The van der Waals surface area contributed by atoms with Gasteiger partial charge in [-0.05, 0) is 80.9 Å². The van der Waals surface area contributed by atoms with Crippen molar-refractivity contribution in [3.05, 3.63) is 83.0 Å². The van der Waals surface area contributed by atoms with Crippen LogP contribution in [0.3, 0.4) is 0 Å². The quantitative estimate of drug-likeness (QED) is 0.218. The van der Waals surface area contributed by atoms with Crippen LogP contribution >= 0.6 is 0 Å². The van der Waals surface area contributed by atoms with Crippen LogP contribution in [-0.4, -0.2) is 63.0 Å². The highest BCUT2D eigenvalue weighted by Gasteiger charge is 2.48. The van der Waals surface area contributed by atoms with Gasteiger partial charge in [0.1, 0.15) is 24.1 Å². The molecule has 1 aliphatic carbocycles. The summed E-state index contributed by atoms with van der Waals surface area (Å²) in [4.78, 5) is 23.7. The SMILES string of the molecule is CC(C=CC1=C(C)CCCC1(C)C)=CC=CC(C)=CC(=O)Nc1ccc(O[C@@H]2O[C@H](C(=O)O)[C@@H](O)C(O)C2O)cc1. The van der Waals surface area contributed by atoms with Gasteiger partial charge in [-0.2, -0.15) is 0 Å². The molecule has 5 atom stereocenters. The number of hydrogen-bond acceptors (Lipinski definition) is 7. The summed E-state index contributed by atoms with van der Waals surface area (Å²) in [5.74, 6) is -1.62. The molecule has 5 N–H and O–H groups in total. The molecule has 2 aliphatic rings. The summed E-state index contributed by atoms with van der Waals surface area (Å²) in [5, 5.41) is 41.7. The Hall–Kier alpha value is -3.50. The molecule has 1 amide bonds. The third-order valence-corrected chi connectivity index (χ3v) is 7.32. The Bertz CT molecular complexity index is 1250. The van der Waals surface area contributed by atoms with Gasteiger partial charge in [-0.25, -0.2) is 4.79 Å². The first-order valence-corrected chi connectivity index (χ1v) is 13.7. The summed E-state index contributed by atoms with van der Waals surface area (Å²) >= 11 is 0. The molecule has 0 aromatic heterocycles. The van der Waals surface area contributed by atoms with Crippen molar-refractivity contribution in [2.75, 3.05) is 5.32 Å². The van der Waals surface area contributed by atoms with Crippen LogP contribution in [0.5, 0.6) is 5.75 Å². The zero-order chi connectivity index (χ0) is 30.3. The predicted octanol–water partition coefficient (Wildman–Crippen LogP) is 4.43. The van der Waals surface area contributed by atoms with E-state index in [0.717, 1.165) is 17.6 Å². The number of anilines is 1. The van der Waals surface area contributed by atoms with Gasteiger partial charge in [-0.1, -0.05) is 55.4 Å². The van der Waals surface area contributed by atoms with E-state index < -0.39 is 36.7 Å². The first-order valence-electron chi connectivity index (χ1n) is 13.7. The van der Waals surface area contributed by atoms with Gasteiger partial charge >= 0.3 is 5.97 Å². The van der Waals surface area contributed by atoms with Crippen LogP contribution in [0.1, 0.15) is 53.9 Å². The van der Waals surface area contributed by atoms with E-state index in [9.17, 15) is 24.9 Å². The molecule has 1 aromatic rings. The lowest BCUT2D eigenvalue weighted by molar-refractivity contribution is -0.271. The molecule has 1 heterocycles. The Morgan fingerprint density at radius 3 is 2.34 bits per heavy atom. The van der Waals surface area contributed by atoms with Gasteiger partial charge in [-0.15, -0.1) is 0 Å². The highest BCUT2D eigenvalue weighted by molar-refractivity contribution is 6.00. The number of rotatable bonds is 9. The number of allylic oxidation sites excluding steroid dienone is 9. The molecular formula is C32H41NO8. The second kappa shape index (κ2) is 13.9. The third kappa shape index (κ3) is 8.74. The molecule has 0 spiro atoms. The average Bonchev–Trinajstić information content (AvgIpc) is 2.89. The summed E-state index contributed by atoms with van der Waals surface area (Å²) in [7, 11) is 0. The molecule has 0 radical (unpaired) electrons. The maximum atomic E-state index is 12.5.